The molecule has 0 fully saturated rings. The maximum Gasteiger partial charge on any atom is 0.0672 e. The smallest absolute Gasteiger partial charge is 0.0672 e. The fraction of sp³-hybridized carbons (Fsp3) is 0.0816. The summed E-state index contributed by atoms with van der Waals surface area (Å²) in [5.41, 5.74) is 15.3. The van der Waals surface area contributed by atoms with Crippen LogP contribution in [0, 0.1) is 12.1 Å². The third kappa shape index (κ3) is 5.27. The van der Waals surface area contributed by atoms with Crippen molar-refractivity contribution in [3.63, 3.8) is 0 Å². The Labute approximate surface area is 309 Å². The van der Waals surface area contributed by atoms with Gasteiger partial charge in [-0.05, 0) is 65.4 Å². The predicted octanol–water partition coefficient (Wildman–Crippen LogP) is 12.9. The molecule has 0 radical (unpaired) electrons. The van der Waals surface area contributed by atoms with Crippen molar-refractivity contribution < 1.29 is 0 Å². The first kappa shape index (κ1) is 30.7. The van der Waals surface area contributed by atoms with Crippen LogP contribution < -0.4 is 0 Å². The van der Waals surface area contributed by atoms with Crippen LogP contribution in [0.5, 0.6) is 0 Å². The number of aromatic nitrogens is 1. The van der Waals surface area contributed by atoms with Crippen molar-refractivity contribution in [3.8, 4) is 39.2 Å². The molecule has 2 nitrogen and oxygen atoms in total. The highest BCUT2D eigenvalue weighted by Gasteiger charge is 2.29. The zero-order valence-electron chi connectivity index (χ0n) is 28.6. The van der Waals surface area contributed by atoms with E-state index in [2.05, 4.69) is 174 Å². The number of hydrogen-bond donors (Lipinski definition) is 0. The highest BCUT2D eigenvalue weighted by Crippen LogP contribution is 2.53. The molecule has 1 aromatic heterocycles. The van der Waals surface area contributed by atoms with E-state index < -0.39 is 0 Å². The quantitative estimate of drug-likeness (QED) is 0.177. The molecule has 246 valence electrons. The molecule has 2 aliphatic heterocycles. The van der Waals surface area contributed by atoms with E-state index in [9.17, 15) is 0 Å². The van der Waals surface area contributed by atoms with Gasteiger partial charge < -0.3 is 4.57 Å². The van der Waals surface area contributed by atoms with Gasteiger partial charge in [0, 0.05) is 61.2 Å². The van der Waals surface area contributed by atoms with Crippen LogP contribution in [0.25, 0.3) is 55.8 Å². The summed E-state index contributed by atoms with van der Waals surface area (Å²) in [7, 11) is 0. The lowest BCUT2D eigenvalue weighted by molar-refractivity contribution is 0.877. The van der Waals surface area contributed by atoms with E-state index in [4.69, 9.17) is 4.99 Å². The van der Waals surface area contributed by atoms with Gasteiger partial charge in [-0.3, -0.25) is 4.99 Å². The molecule has 6 aromatic carbocycles. The van der Waals surface area contributed by atoms with Crippen molar-refractivity contribution in [2.24, 2.45) is 4.99 Å². The van der Waals surface area contributed by atoms with Crippen molar-refractivity contribution >= 4 is 34.1 Å². The molecule has 0 spiro atoms. The molecule has 0 unspecified atom stereocenters. The minimum atomic E-state index is 0.263. The summed E-state index contributed by atoms with van der Waals surface area (Å²) in [6.07, 6.45) is 12.3. The molecule has 0 amide bonds. The Morgan fingerprint density at radius 1 is 0.692 bits per heavy atom. The molecule has 3 heteroatoms. The molecule has 7 aromatic rings. The standard InChI is InChI=1S/C49H34N2S/c1-4-15-33(16-5-1)37-31-43(35-19-8-3-9-20-35)50-44(32-37)36-27-29-38(30-28-36)51-48-39(34-17-6-2-7-18-34)23-14-24-42(48)47-40-21-10-12-25-45(40)52-46-26-13-11-22-41(46)49(47)51/h1-2,4-8,11-20,22-30,32,37H,3,9,31H2/t37-/m1/s1. The summed E-state index contributed by atoms with van der Waals surface area (Å²) in [5.74, 6) is 0.263. The second kappa shape index (κ2) is 12.9. The van der Waals surface area contributed by atoms with E-state index in [0.717, 1.165) is 41.8 Å². The SMILES string of the molecule is c1ccc2c(c#1)-c1c(n(-c3ccc(C4=C[C@H](c5ccccc5)CC(C5=CCCC=C5)=N4)cc3)c3c(-c4ccccc4)cccc13)-c1ccccc1S2. The molecule has 0 N–H and O–H groups in total. The maximum atomic E-state index is 5.33. The van der Waals surface area contributed by atoms with Gasteiger partial charge in [0.15, 0.2) is 0 Å². The lowest BCUT2D eigenvalue weighted by Crippen LogP contribution is -2.13. The maximum absolute atomic E-state index is 5.33. The summed E-state index contributed by atoms with van der Waals surface area (Å²) in [4.78, 5) is 7.75. The molecule has 10 rings (SSSR count). The van der Waals surface area contributed by atoms with Gasteiger partial charge in [0.2, 0.25) is 0 Å². The topological polar surface area (TPSA) is 17.3 Å². The first-order chi connectivity index (χ1) is 25.8. The van der Waals surface area contributed by atoms with E-state index in [0.29, 0.717) is 0 Å². The molecule has 3 heterocycles. The van der Waals surface area contributed by atoms with Crippen molar-refractivity contribution in [1.82, 2.24) is 4.57 Å². The van der Waals surface area contributed by atoms with Crippen LogP contribution in [0.4, 0.5) is 0 Å². The van der Waals surface area contributed by atoms with Gasteiger partial charge in [0.05, 0.1) is 16.9 Å². The van der Waals surface area contributed by atoms with Crippen LogP contribution in [0.3, 0.4) is 0 Å². The number of hydrogen-bond acceptors (Lipinski definition) is 2. The highest BCUT2D eigenvalue weighted by molar-refractivity contribution is 7.99. The van der Waals surface area contributed by atoms with Gasteiger partial charge in [0.25, 0.3) is 0 Å². The van der Waals surface area contributed by atoms with Crippen LogP contribution in [-0.2, 0) is 0 Å². The average Bonchev–Trinajstić information content (AvgIpc) is 3.49. The van der Waals surface area contributed by atoms with Gasteiger partial charge in [-0.2, -0.15) is 0 Å². The van der Waals surface area contributed by atoms with Crippen molar-refractivity contribution in [1.29, 1.82) is 0 Å². The Hall–Kier alpha value is -6.08. The Kier molecular flexibility index (Phi) is 7.63. The highest BCUT2D eigenvalue weighted by atomic mass is 32.2. The first-order valence-electron chi connectivity index (χ1n) is 18.1. The number of para-hydroxylation sites is 1. The molecular formula is C49H34N2S. The molecular weight excluding hydrogens is 649 g/mol. The van der Waals surface area contributed by atoms with Gasteiger partial charge in [-0.25, -0.2) is 0 Å². The minimum Gasteiger partial charge on any atom is -0.308 e. The Balaban J connectivity index is 1.19. The molecule has 3 aliphatic rings. The zero-order valence-corrected chi connectivity index (χ0v) is 29.4. The first-order valence-corrected chi connectivity index (χ1v) is 18.9. The average molecular weight is 683 g/mol. The fourth-order valence-corrected chi connectivity index (χ4v) is 9.07. The zero-order chi connectivity index (χ0) is 34.4. The number of fused-ring (bicyclic) bond motifs is 7. The van der Waals surface area contributed by atoms with Crippen molar-refractivity contribution in [2.75, 3.05) is 0 Å². The Bertz CT molecular complexity index is 2600. The number of aliphatic imine (C=N–C) groups is 1. The lowest BCUT2D eigenvalue weighted by Gasteiger charge is -2.23. The van der Waals surface area contributed by atoms with Crippen LogP contribution in [0.2, 0.25) is 0 Å². The van der Waals surface area contributed by atoms with Gasteiger partial charge in [0.1, 0.15) is 0 Å². The molecule has 52 heavy (non-hydrogen) atoms. The van der Waals surface area contributed by atoms with Crippen LogP contribution >= 0.6 is 11.8 Å². The molecule has 0 saturated heterocycles. The number of rotatable bonds is 5. The van der Waals surface area contributed by atoms with Gasteiger partial charge >= 0.3 is 0 Å². The van der Waals surface area contributed by atoms with Gasteiger partial charge in [-0.1, -0.05) is 157 Å². The molecule has 0 saturated carbocycles. The Morgan fingerprint density at radius 2 is 1.48 bits per heavy atom. The molecule has 0 bridgehead atoms. The third-order valence-electron chi connectivity index (χ3n) is 10.5. The third-order valence-corrected chi connectivity index (χ3v) is 11.6. The van der Waals surface area contributed by atoms with Crippen molar-refractivity contribution in [2.45, 2.75) is 35.0 Å². The van der Waals surface area contributed by atoms with Crippen LogP contribution in [0.1, 0.15) is 36.3 Å². The van der Waals surface area contributed by atoms with Crippen LogP contribution in [0.15, 0.2) is 184 Å². The number of allylic oxidation sites excluding steroid dienone is 5. The molecule has 1 aliphatic carbocycles. The van der Waals surface area contributed by atoms with E-state index in [1.165, 1.54) is 65.5 Å². The summed E-state index contributed by atoms with van der Waals surface area (Å²) < 4.78 is 2.49. The minimum absolute atomic E-state index is 0.263. The Morgan fingerprint density at radius 3 is 2.31 bits per heavy atom. The largest absolute Gasteiger partial charge is 0.308 e. The number of benzene rings is 5. The van der Waals surface area contributed by atoms with E-state index in [-0.39, 0.29) is 5.92 Å². The lowest BCUT2D eigenvalue weighted by atomic mass is 9.86. The summed E-state index contributed by atoms with van der Waals surface area (Å²) >= 11 is 1.81. The second-order valence-electron chi connectivity index (χ2n) is 13.6. The normalized spacial score (nSPS) is 16.1. The van der Waals surface area contributed by atoms with E-state index >= 15 is 0 Å². The fourth-order valence-electron chi connectivity index (χ4n) is 8.02. The second-order valence-corrected chi connectivity index (χ2v) is 14.7. The number of nitrogens with zero attached hydrogens (tertiary/aromatic N) is 2. The van der Waals surface area contributed by atoms with Gasteiger partial charge in [-0.15, -0.1) is 0 Å². The monoisotopic (exact) mass is 682 g/mol. The van der Waals surface area contributed by atoms with E-state index in [1.807, 2.05) is 17.8 Å². The summed E-state index contributed by atoms with van der Waals surface area (Å²) in [6, 6.07) is 57.2. The van der Waals surface area contributed by atoms with Crippen LogP contribution in [-0.4, -0.2) is 10.3 Å². The molecule has 1 atom stereocenters. The van der Waals surface area contributed by atoms with E-state index in [1.54, 1.807) is 0 Å². The summed E-state index contributed by atoms with van der Waals surface area (Å²) in [6.45, 7) is 0. The predicted molar refractivity (Wildman–Crippen MR) is 217 cm³/mol. The van der Waals surface area contributed by atoms with Crippen molar-refractivity contribution in [3.05, 3.63) is 193 Å². The summed E-state index contributed by atoms with van der Waals surface area (Å²) in [5, 5.41) is 1.21.